The number of nitrogens with zero attached hydrogens (tertiary/aromatic N) is 4. The number of hydrogen-bond donors (Lipinski definition) is 2. The fourth-order valence-corrected chi connectivity index (χ4v) is 2.92. The van der Waals surface area contributed by atoms with Crippen LogP contribution in [0.15, 0.2) is 57.6 Å². The molecule has 0 radical (unpaired) electrons. The maximum Gasteiger partial charge on any atom is 0.226 e. The highest BCUT2D eigenvalue weighted by molar-refractivity contribution is 5.75. The maximum absolute atomic E-state index is 11.2. The van der Waals surface area contributed by atoms with Gasteiger partial charge in [-0.2, -0.15) is 9.97 Å². The molecule has 3 N–H and O–H groups in total. The van der Waals surface area contributed by atoms with Gasteiger partial charge in [0.2, 0.25) is 29.3 Å². The zero-order chi connectivity index (χ0) is 24.3. The molecule has 0 fully saturated rings. The van der Waals surface area contributed by atoms with E-state index < -0.39 is 0 Å². The van der Waals surface area contributed by atoms with E-state index in [-0.39, 0.29) is 5.91 Å². The Labute approximate surface area is 198 Å². The topological polar surface area (TPSA) is 133 Å². The quantitative estimate of drug-likeness (QED) is 0.400. The molecule has 0 saturated heterocycles. The number of aryl methyl sites for hydroxylation is 2. The van der Waals surface area contributed by atoms with Gasteiger partial charge in [-0.05, 0) is 11.1 Å². The van der Waals surface area contributed by atoms with Crippen molar-refractivity contribution in [3.63, 3.8) is 0 Å². The van der Waals surface area contributed by atoms with Gasteiger partial charge < -0.3 is 20.1 Å². The van der Waals surface area contributed by atoms with Crippen molar-refractivity contribution < 1.29 is 13.8 Å². The molecule has 2 heterocycles. The predicted molar refractivity (Wildman–Crippen MR) is 128 cm³/mol. The third-order valence-electron chi connectivity index (χ3n) is 5.01. The predicted octanol–water partition coefficient (Wildman–Crippen LogP) is 4.08. The van der Waals surface area contributed by atoms with Crippen LogP contribution in [0, 0.1) is 0 Å². The Hall–Kier alpha value is -3.85. The summed E-state index contributed by atoms with van der Waals surface area (Å²) in [6.45, 7) is 6.87. The van der Waals surface area contributed by atoms with E-state index in [4.69, 9.17) is 14.8 Å². The molecule has 1 amide bonds. The van der Waals surface area contributed by atoms with Crippen LogP contribution in [0.4, 0.5) is 0 Å². The lowest BCUT2D eigenvalue weighted by Gasteiger charge is -2.04. The van der Waals surface area contributed by atoms with Gasteiger partial charge in [0.05, 0.1) is 0 Å². The van der Waals surface area contributed by atoms with Crippen LogP contribution < -0.4 is 11.1 Å². The minimum atomic E-state index is 0.0508. The standard InChI is InChI=1S/C14H17N3O2.C11H13N3O/c1-3-12(18)15-9-10-5-7-11(8-6-10)14-16-13(4-2)19-17-14;1-2-10-13-11(14-15-10)9-5-3-8(7-12)4-6-9/h5-8H,3-4,9H2,1-2H3,(H,15,18);3-6H,2,7,12H2,1H3. The number of nitrogens with two attached hydrogens (primary N) is 1. The molecular formula is C25H30N6O3. The van der Waals surface area contributed by atoms with E-state index in [1.165, 1.54) is 0 Å². The summed E-state index contributed by atoms with van der Waals surface area (Å²) in [7, 11) is 0. The third kappa shape index (κ3) is 6.82. The lowest BCUT2D eigenvalue weighted by molar-refractivity contribution is -0.120. The van der Waals surface area contributed by atoms with Crippen molar-refractivity contribution in [3.05, 3.63) is 71.4 Å². The van der Waals surface area contributed by atoms with Crippen LogP contribution in [0.2, 0.25) is 0 Å². The summed E-state index contributed by atoms with van der Waals surface area (Å²) in [5.41, 5.74) is 9.52. The van der Waals surface area contributed by atoms with E-state index in [9.17, 15) is 4.79 Å². The first-order valence-electron chi connectivity index (χ1n) is 11.4. The van der Waals surface area contributed by atoms with Gasteiger partial charge in [0, 0.05) is 43.5 Å². The summed E-state index contributed by atoms with van der Waals surface area (Å²) in [6.07, 6.45) is 1.99. The van der Waals surface area contributed by atoms with Crippen LogP contribution in [0.1, 0.15) is 50.1 Å². The Kier molecular flexibility index (Phi) is 9.04. The minimum absolute atomic E-state index is 0.0508. The van der Waals surface area contributed by atoms with Crippen LogP contribution in [0.25, 0.3) is 22.8 Å². The SMILES string of the molecule is CCC(=O)NCc1ccc(-c2noc(CC)n2)cc1.CCc1nc(-c2ccc(CN)cc2)no1. The lowest BCUT2D eigenvalue weighted by Crippen LogP contribution is -2.21. The van der Waals surface area contributed by atoms with E-state index in [2.05, 4.69) is 25.6 Å². The Morgan fingerprint density at radius 3 is 1.65 bits per heavy atom. The number of hydrogen-bond acceptors (Lipinski definition) is 8. The van der Waals surface area contributed by atoms with Crippen LogP contribution in [-0.2, 0) is 30.7 Å². The van der Waals surface area contributed by atoms with E-state index in [0.717, 1.165) is 35.1 Å². The van der Waals surface area contributed by atoms with Crippen molar-refractivity contribution in [1.82, 2.24) is 25.6 Å². The summed E-state index contributed by atoms with van der Waals surface area (Å²) in [5.74, 6) is 2.58. The van der Waals surface area contributed by atoms with Gasteiger partial charge in [0.25, 0.3) is 0 Å². The van der Waals surface area contributed by atoms with Gasteiger partial charge in [-0.25, -0.2) is 0 Å². The second-order valence-electron chi connectivity index (χ2n) is 7.46. The van der Waals surface area contributed by atoms with Gasteiger partial charge in [-0.15, -0.1) is 0 Å². The molecule has 0 aliphatic heterocycles. The number of carbonyl (C=O) groups is 1. The van der Waals surface area contributed by atoms with Crippen molar-refractivity contribution in [2.24, 2.45) is 5.73 Å². The maximum atomic E-state index is 11.2. The second kappa shape index (κ2) is 12.4. The smallest absolute Gasteiger partial charge is 0.226 e. The molecule has 2 aromatic carbocycles. The molecule has 4 aromatic rings. The monoisotopic (exact) mass is 462 g/mol. The number of carbonyl (C=O) groups excluding carboxylic acids is 1. The van der Waals surface area contributed by atoms with Crippen molar-refractivity contribution in [3.8, 4) is 22.8 Å². The molecule has 0 aliphatic carbocycles. The van der Waals surface area contributed by atoms with E-state index in [1.54, 1.807) is 0 Å². The molecule has 4 rings (SSSR count). The first kappa shape index (κ1) is 24.8. The van der Waals surface area contributed by atoms with E-state index in [0.29, 0.717) is 42.9 Å². The molecule has 0 unspecified atom stereocenters. The summed E-state index contributed by atoms with van der Waals surface area (Å²) in [4.78, 5) is 19.7. The highest BCUT2D eigenvalue weighted by Gasteiger charge is 2.08. The number of benzene rings is 2. The first-order valence-corrected chi connectivity index (χ1v) is 11.4. The van der Waals surface area contributed by atoms with Gasteiger partial charge >= 0.3 is 0 Å². The average Bonchev–Trinajstić information content (AvgIpc) is 3.58. The van der Waals surface area contributed by atoms with Crippen LogP contribution in [-0.4, -0.2) is 26.2 Å². The fraction of sp³-hybridized carbons (Fsp3) is 0.320. The average molecular weight is 463 g/mol. The van der Waals surface area contributed by atoms with Crippen LogP contribution in [0.3, 0.4) is 0 Å². The number of amides is 1. The number of rotatable bonds is 8. The van der Waals surface area contributed by atoms with Gasteiger partial charge in [0.15, 0.2) is 0 Å². The molecule has 178 valence electrons. The summed E-state index contributed by atoms with van der Waals surface area (Å²) >= 11 is 0. The van der Waals surface area contributed by atoms with Crippen LogP contribution >= 0.6 is 0 Å². The second-order valence-corrected chi connectivity index (χ2v) is 7.46. The molecule has 0 saturated carbocycles. The van der Waals surface area contributed by atoms with Crippen molar-refractivity contribution in [2.75, 3.05) is 0 Å². The Morgan fingerprint density at radius 2 is 1.26 bits per heavy atom. The van der Waals surface area contributed by atoms with Gasteiger partial charge in [0.1, 0.15) is 0 Å². The number of aromatic nitrogens is 4. The third-order valence-corrected chi connectivity index (χ3v) is 5.01. The fourth-order valence-electron chi connectivity index (χ4n) is 2.92. The van der Waals surface area contributed by atoms with Crippen molar-refractivity contribution in [2.45, 2.75) is 53.1 Å². The molecule has 2 aromatic heterocycles. The molecular weight excluding hydrogens is 432 g/mol. The highest BCUT2D eigenvalue weighted by Crippen LogP contribution is 2.17. The summed E-state index contributed by atoms with van der Waals surface area (Å²) < 4.78 is 10.1. The molecule has 34 heavy (non-hydrogen) atoms. The minimum Gasteiger partial charge on any atom is -0.352 e. The Bertz CT molecular complexity index is 1170. The summed E-state index contributed by atoms with van der Waals surface area (Å²) in [5, 5.41) is 10.6. The molecule has 0 atom stereocenters. The van der Waals surface area contributed by atoms with Gasteiger partial charge in [-0.3, -0.25) is 4.79 Å². The Balaban J connectivity index is 0.000000196. The zero-order valence-corrected chi connectivity index (χ0v) is 19.7. The Morgan fingerprint density at radius 1 is 0.794 bits per heavy atom. The van der Waals surface area contributed by atoms with Gasteiger partial charge in [-0.1, -0.05) is 79.6 Å². The zero-order valence-electron chi connectivity index (χ0n) is 19.7. The highest BCUT2D eigenvalue weighted by atomic mass is 16.5. The molecule has 9 heteroatoms. The number of nitrogens with one attached hydrogen (secondary N) is 1. The lowest BCUT2D eigenvalue weighted by atomic mass is 10.1. The van der Waals surface area contributed by atoms with Crippen LogP contribution in [0.5, 0.6) is 0 Å². The largest absolute Gasteiger partial charge is 0.352 e. The molecule has 0 spiro atoms. The van der Waals surface area contributed by atoms with E-state index in [1.807, 2.05) is 69.3 Å². The van der Waals surface area contributed by atoms with Crippen molar-refractivity contribution in [1.29, 1.82) is 0 Å². The normalized spacial score (nSPS) is 10.5. The summed E-state index contributed by atoms with van der Waals surface area (Å²) in [6, 6.07) is 15.6. The van der Waals surface area contributed by atoms with E-state index >= 15 is 0 Å². The molecule has 0 aliphatic rings. The molecule has 9 nitrogen and oxygen atoms in total. The first-order chi connectivity index (χ1) is 16.6. The van der Waals surface area contributed by atoms with Crippen molar-refractivity contribution >= 4 is 5.91 Å². The molecule has 0 bridgehead atoms.